The quantitative estimate of drug-likeness (QED) is 0.892. The molecule has 1 atom stereocenters. The molecule has 0 fully saturated rings. The van der Waals surface area contributed by atoms with Crippen LogP contribution in [0, 0.1) is 11.6 Å². The molecule has 1 amide bonds. The predicted octanol–water partition coefficient (Wildman–Crippen LogP) is 3.08. The molecule has 2 aromatic rings. The number of benzene rings is 2. The summed E-state index contributed by atoms with van der Waals surface area (Å²) in [4.78, 5) is 11.6. The fraction of sp³-hybridized carbons (Fsp3) is 0.188. The molecule has 0 saturated heterocycles. The van der Waals surface area contributed by atoms with E-state index >= 15 is 0 Å². The lowest BCUT2D eigenvalue weighted by Gasteiger charge is -2.13. The predicted molar refractivity (Wildman–Crippen MR) is 79.5 cm³/mol. The van der Waals surface area contributed by atoms with E-state index in [9.17, 15) is 13.6 Å². The first-order valence-corrected chi connectivity index (χ1v) is 6.73. The van der Waals surface area contributed by atoms with E-state index in [-0.39, 0.29) is 18.3 Å². The number of hydrogen-bond acceptors (Lipinski definition) is 3. The molecule has 0 heterocycles. The maximum absolute atomic E-state index is 13.4. The van der Waals surface area contributed by atoms with Crippen LogP contribution < -0.4 is 11.1 Å². The molecule has 1 unspecified atom stereocenters. The Labute approximate surface area is 126 Å². The van der Waals surface area contributed by atoms with Gasteiger partial charge in [-0.25, -0.2) is 13.6 Å². The number of anilines is 1. The largest absolute Gasteiger partial charge is 0.448 e. The van der Waals surface area contributed by atoms with Crippen molar-refractivity contribution in [2.24, 2.45) is 5.73 Å². The topological polar surface area (TPSA) is 64.3 Å². The van der Waals surface area contributed by atoms with Gasteiger partial charge in [0.05, 0.1) is 5.69 Å². The average molecular weight is 306 g/mol. The van der Waals surface area contributed by atoms with Crippen molar-refractivity contribution in [1.29, 1.82) is 0 Å². The molecule has 6 heteroatoms. The van der Waals surface area contributed by atoms with Crippen LogP contribution in [0.2, 0.25) is 0 Å². The molecular weight excluding hydrogens is 290 g/mol. The van der Waals surface area contributed by atoms with Gasteiger partial charge < -0.3 is 10.5 Å². The minimum Gasteiger partial charge on any atom is -0.448 e. The molecule has 2 aromatic carbocycles. The SMILES string of the molecule is NC(COC(=O)Nc1ccc(F)cc1F)Cc1ccccc1. The maximum atomic E-state index is 13.4. The minimum absolute atomic E-state index is 0.0104. The fourth-order valence-corrected chi connectivity index (χ4v) is 1.90. The second kappa shape index (κ2) is 7.51. The molecule has 2 rings (SSSR count). The molecular formula is C16H16F2N2O2. The summed E-state index contributed by atoms with van der Waals surface area (Å²) in [6.45, 7) is -0.0104. The molecule has 3 N–H and O–H groups in total. The van der Waals surface area contributed by atoms with Crippen LogP contribution in [0.3, 0.4) is 0 Å². The van der Waals surface area contributed by atoms with Crippen molar-refractivity contribution in [3.05, 3.63) is 65.7 Å². The normalized spacial score (nSPS) is 11.8. The van der Waals surface area contributed by atoms with Gasteiger partial charge in [0, 0.05) is 12.1 Å². The first-order valence-electron chi connectivity index (χ1n) is 6.73. The van der Waals surface area contributed by atoms with Gasteiger partial charge in [-0.2, -0.15) is 0 Å². The second-order valence-electron chi connectivity index (χ2n) is 4.80. The molecule has 0 aliphatic carbocycles. The number of carbonyl (C=O) groups excluding carboxylic acids is 1. The average Bonchev–Trinajstić information content (AvgIpc) is 2.49. The van der Waals surface area contributed by atoms with Crippen molar-refractivity contribution in [3.8, 4) is 0 Å². The van der Waals surface area contributed by atoms with E-state index in [1.165, 1.54) is 0 Å². The highest BCUT2D eigenvalue weighted by atomic mass is 19.1. The van der Waals surface area contributed by atoms with Crippen molar-refractivity contribution in [3.63, 3.8) is 0 Å². The number of rotatable bonds is 5. The minimum atomic E-state index is -0.870. The Morgan fingerprint density at radius 1 is 1.18 bits per heavy atom. The molecule has 0 spiro atoms. The van der Waals surface area contributed by atoms with Gasteiger partial charge in [0.15, 0.2) is 0 Å². The molecule has 0 bridgehead atoms. The third-order valence-corrected chi connectivity index (χ3v) is 2.94. The summed E-state index contributed by atoms with van der Waals surface area (Å²) in [6.07, 6.45) is -0.284. The van der Waals surface area contributed by atoms with E-state index in [0.29, 0.717) is 12.5 Å². The van der Waals surface area contributed by atoms with Crippen molar-refractivity contribution >= 4 is 11.8 Å². The number of hydrogen-bond donors (Lipinski definition) is 2. The summed E-state index contributed by atoms with van der Waals surface area (Å²) in [5.74, 6) is -1.59. The van der Waals surface area contributed by atoms with Crippen LogP contribution in [0.4, 0.5) is 19.3 Å². The Hall–Kier alpha value is -2.47. The lowest BCUT2D eigenvalue weighted by atomic mass is 10.1. The van der Waals surface area contributed by atoms with E-state index in [2.05, 4.69) is 5.32 Å². The molecule has 0 aliphatic rings. The Kier molecular flexibility index (Phi) is 5.43. The Bertz CT molecular complexity index is 635. The highest BCUT2D eigenvalue weighted by Gasteiger charge is 2.11. The van der Waals surface area contributed by atoms with Gasteiger partial charge in [-0.15, -0.1) is 0 Å². The van der Waals surface area contributed by atoms with E-state index in [4.69, 9.17) is 10.5 Å². The Balaban J connectivity index is 1.80. The first-order chi connectivity index (χ1) is 10.5. The number of nitrogens with two attached hydrogens (primary N) is 1. The van der Waals surface area contributed by atoms with Crippen LogP contribution >= 0.6 is 0 Å². The zero-order chi connectivity index (χ0) is 15.9. The molecule has 0 saturated carbocycles. The Morgan fingerprint density at radius 3 is 2.59 bits per heavy atom. The molecule has 0 radical (unpaired) electrons. The van der Waals surface area contributed by atoms with Crippen LogP contribution in [0.15, 0.2) is 48.5 Å². The van der Waals surface area contributed by atoms with Crippen molar-refractivity contribution in [2.45, 2.75) is 12.5 Å². The summed E-state index contributed by atoms with van der Waals surface area (Å²) in [7, 11) is 0. The van der Waals surface area contributed by atoms with Crippen LogP contribution in [-0.2, 0) is 11.2 Å². The smallest absolute Gasteiger partial charge is 0.411 e. The van der Waals surface area contributed by atoms with Crippen LogP contribution in [0.1, 0.15) is 5.56 Å². The number of nitrogens with one attached hydrogen (secondary N) is 1. The van der Waals surface area contributed by atoms with Gasteiger partial charge in [0.1, 0.15) is 18.2 Å². The standard InChI is InChI=1S/C16H16F2N2O2/c17-12-6-7-15(14(18)9-12)20-16(21)22-10-13(19)8-11-4-2-1-3-5-11/h1-7,9,13H,8,10,19H2,(H,20,21). The zero-order valence-corrected chi connectivity index (χ0v) is 11.8. The molecule has 4 nitrogen and oxygen atoms in total. The van der Waals surface area contributed by atoms with E-state index in [1.807, 2.05) is 30.3 Å². The number of ether oxygens (including phenoxy) is 1. The number of carbonyl (C=O) groups is 1. The third kappa shape index (κ3) is 4.82. The van der Waals surface area contributed by atoms with Gasteiger partial charge in [0.25, 0.3) is 0 Å². The summed E-state index contributed by atoms with van der Waals surface area (Å²) in [6, 6.07) is 12.0. The zero-order valence-electron chi connectivity index (χ0n) is 11.8. The summed E-state index contributed by atoms with van der Waals surface area (Å²) in [5.41, 5.74) is 6.75. The van der Waals surface area contributed by atoms with Crippen molar-refractivity contribution in [2.75, 3.05) is 11.9 Å². The lowest BCUT2D eigenvalue weighted by Crippen LogP contribution is -2.31. The highest BCUT2D eigenvalue weighted by Crippen LogP contribution is 2.15. The lowest BCUT2D eigenvalue weighted by molar-refractivity contribution is 0.153. The van der Waals surface area contributed by atoms with Gasteiger partial charge >= 0.3 is 6.09 Å². The fourth-order valence-electron chi connectivity index (χ4n) is 1.90. The van der Waals surface area contributed by atoms with Crippen LogP contribution in [0.5, 0.6) is 0 Å². The van der Waals surface area contributed by atoms with E-state index in [1.54, 1.807) is 0 Å². The monoisotopic (exact) mass is 306 g/mol. The van der Waals surface area contributed by atoms with Crippen LogP contribution in [-0.4, -0.2) is 18.7 Å². The maximum Gasteiger partial charge on any atom is 0.411 e. The van der Waals surface area contributed by atoms with Gasteiger partial charge in [0.2, 0.25) is 0 Å². The molecule has 22 heavy (non-hydrogen) atoms. The molecule has 0 aromatic heterocycles. The van der Waals surface area contributed by atoms with Crippen molar-refractivity contribution < 1.29 is 18.3 Å². The Morgan fingerprint density at radius 2 is 1.91 bits per heavy atom. The third-order valence-electron chi connectivity index (χ3n) is 2.94. The first kappa shape index (κ1) is 15.9. The van der Waals surface area contributed by atoms with Gasteiger partial charge in [-0.3, -0.25) is 5.32 Å². The molecule has 0 aliphatic heterocycles. The van der Waals surface area contributed by atoms with Crippen LogP contribution in [0.25, 0.3) is 0 Å². The summed E-state index contributed by atoms with van der Waals surface area (Å²) >= 11 is 0. The molecule has 116 valence electrons. The van der Waals surface area contributed by atoms with Gasteiger partial charge in [-0.05, 0) is 24.1 Å². The number of halogens is 2. The second-order valence-corrected chi connectivity index (χ2v) is 4.80. The van der Waals surface area contributed by atoms with E-state index in [0.717, 1.165) is 17.7 Å². The summed E-state index contributed by atoms with van der Waals surface area (Å²) in [5, 5.41) is 2.20. The summed E-state index contributed by atoms with van der Waals surface area (Å²) < 4.78 is 31.0. The van der Waals surface area contributed by atoms with Gasteiger partial charge in [-0.1, -0.05) is 30.3 Å². The number of amides is 1. The van der Waals surface area contributed by atoms with E-state index < -0.39 is 17.7 Å². The van der Waals surface area contributed by atoms with Crippen molar-refractivity contribution in [1.82, 2.24) is 0 Å². The highest BCUT2D eigenvalue weighted by molar-refractivity contribution is 5.84.